The molecule has 1 saturated heterocycles. The van der Waals surface area contributed by atoms with Gasteiger partial charge in [0, 0.05) is 38.0 Å². The molecule has 1 aliphatic heterocycles. The number of rotatable bonds is 4. The SMILES string of the molecule is Cc1cc(=O)cc(C(=O)N2CCC([C@@H](O)Cc3ccccc3)CC2)n1C. The van der Waals surface area contributed by atoms with Gasteiger partial charge < -0.3 is 14.6 Å². The van der Waals surface area contributed by atoms with E-state index in [9.17, 15) is 14.7 Å². The molecule has 0 unspecified atom stereocenters. The fraction of sp³-hybridized carbons (Fsp3) is 0.429. The van der Waals surface area contributed by atoms with Crippen LogP contribution in [-0.4, -0.2) is 39.7 Å². The highest BCUT2D eigenvalue weighted by Crippen LogP contribution is 2.24. The average Bonchev–Trinajstić information content (AvgIpc) is 2.65. The maximum atomic E-state index is 12.8. The molecular weight excluding hydrogens is 328 g/mol. The number of hydrogen-bond donors (Lipinski definition) is 1. The van der Waals surface area contributed by atoms with Crippen molar-refractivity contribution in [3.8, 4) is 0 Å². The summed E-state index contributed by atoms with van der Waals surface area (Å²) in [5.41, 5.74) is 2.19. The normalized spacial score (nSPS) is 16.5. The van der Waals surface area contributed by atoms with E-state index >= 15 is 0 Å². The van der Waals surface area contributed by atoms with Crippen molar-refractivity contribution in [3.63, 3.8) is 0 Å². The van der Waals surface area contributed by atoms with Gasteiger partial charge in [0.05, 0.1) is 6.10 Å². The topological polar surface area (TPSA) is 62.5 Å². The van der Waals surface area contributed by atoms with E-state index in [0.717, 1.165) is 24.1 Å². The third-order valence-electron chi connectivity index (χ3n) is 5.40. The van der Waals surface area contributed by atoms with Crippen molar-refractivity contribution in [2.45, 2.75) is 32.3 Å². The fourth-order valence-corrected chi connectivity index (χ4v) is 3.64. The van der Waals surface area contributed by atoms with Gasteiger partial charge in [-0.25, -0.2) is 0 Å². The Labute approximate surface area is 153 Å². The summed E-state index contributed by atoms with van der Waals surface area (Å²) in [6.07, 6.45) is 1.81. The molecule has 0 radical (unpaired) electrons. The Balaban J connectivity index is 1.61. The quantitative estimate of drug-likeness (QED) is 0.915. The fourth-order valence-electron chi connectivity index (χ4n) is 3.64. The number of aliphatic hydroxyl groups excluding tert-OH is 1. The van der Waals surface area contributed by atoms with Crippen molar-refractivity contribution in [3.05, 3.63) is 69.6 Å². The highest BCUT2D eigenvalue weighted by molar-refractivity contribution is 5.92. The van der Waals surface area contributed by atoms with E-state index in [1.54, 1.807) is 16.5 Å². The second-order valence-electron chi connectivity index (χ2n) is 7.16. The molecular formula is C21H26N2O3. The van der Waals surface area contributed by atoms with Crippen LogP contribution in [0.15, 0.2) is 47.3 Å². The average molecular weight is 354 g/mol. The van der Waals surface area contributed by atoms with Gasteiger partial charge in [-0.15, -0.1) is 0 Å². The Morgan fingerprint density at radius 2 is 1.85 bits per heavy atom. The van der Waals surface area contributed by atoms with E-state index < -0.39 is 6.10 Å². The standard InChI is InChI=1S/C21H26N2O3/c1-15-12-18(24)14-19(22(15)2)21(26)23-10-8-17(9-11-23)20(25)13-16-6-4-3-5-7-16/h3-7,12,14,17,20,25H,8-11,13H2,1-2H3/t20-/m0/s1. The maximum Gasteiger partial charge on any atom is 0.270 e. The molecule has 3 rings (SSSR count). The summed E-state index contributed by atoms with van der Waals surface area (Å²) in [6.45, 7) is 3.04. The van der Waals surface area contributed by atoms with Gasteiger partial charge in [0.25, 0.3) is 5.91 Å². The second kappa shape index (κ2) is 7.87. The van der Waals surface area contributed by atoms with E-state index in [1.807, 2.05) is 37.3 Å². The number of piperidine rings is 1. The van der Waals surface area contributed by atoms with Crippen LogP contribution in [0.3, 0.4) is 0 Å². The first-order chi connectivity index (χ1) is 12.5. The number of aryl methyl sites for hydroxylation is 1. The first-order valence-electron chi connectivity index (χ1n) is 9.14. The summed E-state index contributed by atoms with van der Waals surface area (Å²) in [5, 5.41) is 10.5. The number of hydrogen-bond acceptors (Lipinski definition) is 3. The molecule has 138 valence electrons. The number of nitrogens with zero attached hydrogens (tertiary/aromatic N) is 2. The van der Waals surface area contributed by atoms with Crippen LogP contribution in [0.4, 0.5) is 0 Å². The van der Waals surface area contributed by atoms with Crippen LogP contribution in [0.5, 0.6) is 0 Å². The molecule has 1 amide bonds. The molecule has 0 spiro atoms. The molecule has 1 aromatic heterocycles. The number of aromatic nitrogens is 1. The van der Waals surface area contributed by atoms with Crippen molar-refractivity contribution in [2.24, 2.45) is 13.0 Å². The summed E-state index contributed by atoms with van der Waals surface area (Å²) in [4.78, 5) is 26.3. The lowest BCUT2D eigenvalue weighted by Crippen LogP contribution is -2.42. The molecule has 0 saturated carbocycles. The molecule has 26 heavy (non-hydrogen) atoms. The van der Waals surface area contributed by atoms with Crippen LogP contribution >= 0.6 is 0 Å². The Morgan fingerprint density at radius 1 is 1.19 bits per heavy atom. The number of pyridine rings is 1. The molecule has 2 aromatic rings. The van der Waals surface area contributed by atoms with Crippen LogP contribution in [0, 0.1) is 12.8 Å². The van der Waals surface area contributed by atoms with Crippen LogP contribution in [0.1, 0.15) is 34.6 Å². The highest BCUT2D eigenvalue weighted by atomic mass is 16.3. The molecule has 1 N–H and O–H groups in total. The van der Waals surface area contributed by atoms with Crippen LogP contribution in [0.25, 0.3) is 0 Å². The zero-order chi connectivity index (χ0) is 18.7. The molecule has 1 aliphatic rings. The largest absolute Gasteiger partial charge is 0.392 e. The van der Waals surface area contributed by atoms with Crippen molar-refractivity contribution in [1.29, 1.82) is 0 Å². The van der Waals surface area contributed by atoms with Gasteiger partial charge in [0.15, 0.2) is 5.43 Å². The number of amides is 1. The lowest BCUT2D eigenvalue weighted by molar-refractivity contribution is 0.0460. The number of aliphatic hydroxyl groups is 1. The molecule has 5 heteroatoms. The first kappa shape index (κ1) is 18.4. The van der Waals surface area contributed by atoms with Crippen molar-refractivity contribution in [2.75, 3.05) is 13.1 Å². The van der Waals surface area contributed by atoms with E-state index in [1.165, 1.54) is 12.1 Å². The minimum atomic E-state index is -0.391. The molecule has 1 fully saturated rings. The third-order valence-corrected chi connectivity index (χ3v) is 5.40. The van der Waals surface area contributed by atoms with Crippen molar-refractivity contribution in [1.82, 2.24) is 9.47 Å². The van der Waals surface area contributed by atoms with Gasteiger partial charge in [-0.2, -0.15) is 0 Å². The Hall–Kier alpha value is -2.40. The number of carbonyl (C=O) groups excluding carboxylic acids is 1. The zero-order valence-corrected chi connectivity index (χ0v) is 15.4. The molecule has 2 heterocycles. The van der Waals surface area contributed by atoms with Crippen molar-refractivity contribution >= 4 is 5.91 Å². The van der Waals surface area contributed by atoms with Crippen molar-refractivity contribution < 1.29 is 9.90 Å². The summed E-state index contributed by atoms with van der Waals surface area (Å²) in [7, 11) is 1.80. The summed E-state index contributed by atoms with van der Waals surface area (Å²) < 4.78 is 1.76. The summed E-state index contributed by atoms with van der Waals surface area (Å²) >= 11 is 0. The van der Waals surface area contributed by atoms with Crippen LogP contribution < -0.4 is 5.43 Å². The molecule has 5 nitrogen and oxygen atoms in total. The lowest BCUT2D eigenvalue weighted by Gasteiger charge is -2.34. The minimum absolute atomic E-state index is 0.107. The molecule has 0 bridgehead atoms. The first-order valence-corrected chi connectivity index (χ1v) is 9.14. The number of benzene rings is 1. The van der Waals surface area contributed by atoms with Crippen LogP contribution in [0.2, 0.25) is 0 Å². The second-order valence-corrected chi connectivity index (χ2v) is 7.16. The Morgan fingerprint density at radius 3 is 2.50 bits per heavy atom. The third kappa shape index (κ3) is 4.05. The van der Waals surface area contributed by atoms with E-state index in [-0.39, 0.29) is 17.3 Å². The maximum absolute atomic E-state index is 12.8. The predicted molar refractivity (Wildman–Crippen MR) is 101 cm³/mol. The van der Waals surface area contributed by atoms with Gasteiger partial charge in [-0.1, -0.05) is 30.3 Å². The predicted octanol–water partition coefficient (Wildman–Crippen LogP) is 2.15. The molecule has 1 aromatic carbocycles. The summed E-state index contributed by atoms with van der Waals surface area (Å²) in [5.74, 6) is 0.0879. The Kier molecular flexibility index (Phi) is 5.57. The number of carbonyl (C=O) groups is 1. The van der Waals surface area contributed by atoms with Gasteiger partial charge in [-0.05, 0) is 37.7 Å². The van der Waals surface area contributed by atoms with Gasteiger partial charge in [0.2, 0.25) is 0 Å². The van der Waals surface area contributed by atoms with Gasteiger partial charge in [-0.3, -0.25) is 9.59 Å². The Bertz CT molecular complexity index is 821. The zero-order valence-electron chi connectivity index (χ0n) is 15.4. The monoisotopic (exact) mass is 354 g/mol. The van der Waals surface area contributed by atoms with E-state index in [0.29, 0.717) is 25.2 Å². The lowest BCUT2D eigenvalue weighted by atomic mass is 9.88. The van der Waals surface area contributed by atoms with Gasteiger partial charge in [0.1, 0.15) is 5.69 Å². The van der Waals surface area contributed by atoms with Gasteiger partial charge >= 0.3 is 0 Å². The summed E-state index contributed by atoms with van der Waals surface area (Å²) in [6, 6.07) is 12.9. The number of likely N-dealkylation sites (tertiary alicyclic amines) is 1. The smallest absolute Gasteiger partial charge is 0.270 e. The minimum Gasteiger partial charge on any atom is -0.392 e. The molecule has 1 atom stereocenters. The van der Waals surface area contributed by atoms with Crippen LogP contribution in [-0.2, 0) is 13.5 Å². The van der Waals surface area contributed by atoms with E-state index in [2.05, 4.69) is 0 Å². The molecule has 0 aliphatic carbocycles. The van der Waals surface area contributed by atoms with E-state index in [4.69, 9.17) is 0 Å². The highest BCUT2D eigenvalue weighted by Gasteiger charge is 2.28.